The zero-order chi connectivity index (χ0) is 63.3. The van der Waals surface area contributed by atoms with Crippen LogP contribution in [0, 0.1) is 66.5 Å². The van der Waals surface area contributed by atoms with Gasteiger partial charge in [-0.25, -0.2) is 0 Å². The quantitative estimate of drug-likeness (QED) is 0.161. The van der Waals surface area contributed by atoms with Crippen LogP contribution in [0.1, 0.15) is 473 Å². The van der Waals surface area contributed by atoms with Gasteiger partial charge in [0.1, 0.15) is 0 Å². The third kappa shape index (κ3) is 36.1. The van der Waals surface area contributed by atoms with Crippen molar-refractivity contribution >= 4 is 0 Å². The normalized spacial score (nSPS) is 24.6. The molecule has 504 valence electrons. The first-order chi connectivity index (χ1) is 39.4. The molecular weight excluding hydrogens is 1010 g/mol. The predicted octanol–water partition coefficient (Wildman–Crippen LogP) is 31.0. The van der Waals surface area contributed by atoms with E-state index in [2.05, 4.69) is 145 Å². The lowest BCUT2D eigenvalue weighted by molar-refractivity contribution is 0.0601. The van der Waals surface area contributed by atoms with E-state index < -0.39 is 0 Å². The van der Waals surface area contributed by atoms with Crippen molar-refractivity contribution in [3.05, 3.63) is 0 Å². The maximum absolute atomic E-state index is 2.49. The molecule has 0 aromatic rings. The summed E-state index contributed by atoms with van der Waals surface area (Å²) in [6.07, 6.45) is 74.7. The van der Waals surface area contributed by atoms with Gasteiger partial charge in [0.25, 0.3) is 0 Å². The Kier molecular flexibility index (Phi) is 41.9. The molecule has 0 aliphatic heterocycles. The standard InChI is InChI=1S/4C11H22.4C10H20/c1-10(2,3)11(4)8-6-5-7-9-11;1-10(2)9-11(3)7-5-4-6-8-11;1-3-11(2)9-7-5-4-6-8-10-11;1-3-4-8-11(2)9-6-5-7-10-11;1-9(2)8-10(3)6-4-5-7-10;1-9(2)10(3)7-5-4-6-8-10;1-3-10(2)8-6-4-5-7-9-10;1-3-4-7-10(2)8-5-6-9-10/h5-9H2,1-4H3;10H,4-9H2,1-3H3;2*3-10H2,1-2H3;2*9H,4-8H2,1-3H3;2*3-9H2,1-2H3. The van der Waals surface area contributed by atoms with Gasteiger partial charge >= 0.3 is 0 Å². The Balaban J connectivity index is 0.000000480. The Morgan fingerprint density at radius 3 is 0.702 bits per heavy atom. The van der Waals surface area contributed by atoms with Crippen molar-refractivity contribution in [2.75, 3.05) is 0 Å². The first kappa shape index (κ1) is 82.0. The fraction of sp³-hybridized carbons (Fsp3) is 1.00. The molecule has 8 fully saturated rings. The Morgan fingerprint density at radius 2 is 0.488 bits per heavy atom. The Bertz CT molecular complexity index is 1470. The van der Waals surface area contributed by atoms with Crippen molar-refractivity contribution < 1.29 is 0 Å². The second kappa shape index (κ2) is 42.9. The molecule has 0 aromatic heterocycles. The van der Waals surface area contributed by atoms with Gasteiger partial charge in [-0.15, -0.1) is 0 Å². The van der Waals surface area contributed by atoms with Crippen molar-refractivity contribution in [3.63, 3.8) is 0 Å². The molecular formula is C84H168. The van der Waals surface area contributed by atoms with Crippen molar-refractivity contribution in [2.45, 2.75) is 473 Å². The molecule has 8 rings (SSSR count). The van der Waals surface area contributed by atoms with Gasteiger partial charge in [0.15, 0.2) is 0 Å². The molecule has 0 atom stereocenters. The molecule has 0 N–H and O–H groups in total. The molecule has 8 saturated carbocycles. The first-order valence-electron chi connectivity index (χ1n) is 39.4. The van der Waals surface area contributed by atoms with Crippen LogP contribution < -0.4 is 0 Å². The van der Waals surface area contributed by atoms with Crippen LogP contribution in [-0.4, -0.2) is 0 Å². The molecule has 0 heterocycles. The van der Waals surface area contributed by atoms with Crippen molar-refractivity contribution in [1.82, 2.24) is 0 Å². The van der Waals surface area contributed by atoms with E-state index in [1.807, 2.05) is 0 Å². The van der Waals surface area contributed by atoms with Crippen molar-refractivity contribution in [1.29, 1.82) is 0 Å². The van der Waals surface area contributed by atoms with Crippen LogP contribution in [0.25, 0.3) is 0 Å². The van der Waals surface area contributed by atoms with Gasteiger partial charge in [0.05, 0.1) is 0 Å². The minimum atomic E-state index is 0.507. The minimum Gasteiger partial charge on any atom is -0.0654 e. The summed E-state index contributed by atoms with van der Waals surface area (Å²) in [5.74, 6) is 2.66. The van der Waals surface area contributed by atoms with Crippen molar-refractivity contribution in [2.24, 2.45) is 66.5 Å². The molecule has 0 aromatic carbocycles. The Labute approximate surface area is 536 Å². The van der Waals surface area contributed by atoms with E-state index in [4.69, 9.17) is 0 Å². The average molecular weight is 1180 g/mol. The van der Waals surface area contributed by atoms with E-state index in [1.165, 1.54) is 327 Å². The second-order valence-corrected chi connectivity index (χ2v) is 36.4. The zero-order valence-electron chi connectivity index (χ0n) is 63.3. The fourth-order valence-electron chi connectivity index (χ4n) is 17.4. The van der Waals surface area contributed by atoms with E-state index >= 15 is 0 Å². The smallest absolute Gasteiger partial charge is 0.0277 e. The second-order valence-electron chi connectivity index (χ2n) is 36.4. The molecule has 84 heavy (non-hydrogen) atoms. The highest BCUT2D eigenvalue weighted by atomic mass is 14.4. The highest BCUT2D eigenvalue weighted by Gasteiger charge is 2.38. The Morgan fingerprint density at radius 1 is 0.274 bits per heavy atom. The van der Waals surface area contributed by atoms with Crippen LogP contribution in [0.2, 0.25) is 0 Å². The maximum Gasteiger partial charge on any atom is -0.0277 e. The van der Waals surface area contributed by atoms with Crippen LogP contribution in [0.4, 0.5) is 0 Å². The minimum absolute atomic E-state index is 0.507. The summed E-state index contributed by atoms with van der Waals surface area (Å²) in [7, 11) is 0. The zero-order valence-corrected chi connectivity index (χ0v) is 63.3. The van der Waals surface area contributed by atoms with Gasteiger partial charge < -0.3 is 0 Å². The van der Waals surface area contributed by atoms with E-state index in [0.29, 0.717) is 37.9 Å². The lowest BCUT2D eigenvalue weighted by Crippen LogP contribution is -2.34. The lowest BCUT2D eigenvalue weighted by Gasteiger charge is -2.45. The first-order valence-corrected chi connectivity index (χ1v) is 39.4. The number of unbranched alkanes of at least 4 members (excludes halogenated alkanes) is 2. The van der Waals surface area contributed by atoms with E-state index in [-0.39, 0.29) is 0 Å². The van der Waals surface area contributed by atoms with Gasteiger partial charge in [0, 0.05) is 0 Å². The number of hydrogen-bond acceptors (Lipinski definition) is 0. The van der Waals surface area contributed by atoms with Crippen LogP contribution in [0.5, 0.6) is 0 Å². The summed E-state index contributed by atoms with van der Waals surface area (Å²) in [6, 6.07) is 0. The predicted molar refractivity (Wildman–Crippen MR) is 387 cm³/mol. The highest BCUT2D eigenvalue weighted by Crippen LogP contribution is 2.50. The monoisotopic (exact) mass is 1180 g/mol. The summed E-state index contributed by atoms with van der Waals surface area (Å²) in [6.45, 7) is 50.3. The largest absolute Gasteiger partial charge is 0.0654 e. The topological polar surface area (TPSA) is 0 Å². The molecule has 0 heteroatoms. The summed E-state index contributed by atoms with van der Waals surface area (Å²) in [5.41, 5.74) is 6.10. The fourth-order valence-corrected chi connectivity index (χ4v) is 17.4. The summed E-state index contributed by atoms with van der Waals surface area (Å²) >= 11 is 0. The van der Waals surface area contributed by atoms with Gasteiger partial charge in [-0.05, 0) is 195 Å². The van der Waals surface area contributed by atoms with Gasteiger partial charge in [-0.3, -0.25) is 0 Å². The van der Waals surface area contributed by atoms with Crippen LogP contribution in [-0.2, 0) is 0 Å². The highest BCUT2D eigenvalue weighted by molar-refractivity contribution is 4.89. The SMILES string of the molecule is CC(C)(C)C1(C)CCCCC1.CC(C)C1(C)CCCCC1.CC(C)CC1(C)CCCC1.CC(C)CC1(C)CCCCC1.CCC1(C)CCCCCC1.CCC1(C)CCCCCCC1.CCCCC1(C)CCCC1.CCCCC1(C)CCCCC1. The molecule has 0 saturated heterocycles. The average Bonchev–Trinajstić information content (AvgIpc) is 4.20. The summed E-state index contributed by atoms with van der Waals surface area (Å²) in [5, 5.41) is 0. The number of rotatable bonds is 13. The van der Waals surface area contributed by atoms with Crippen LogP contribution >= 0.6 is 0 Å². The molecule has 0 spiro atoms. The molecule has 0 radical (unpaired) electrons. The molecule has 0 nitrogen and oxygen atoms in total. The molecule has 8 aliphatic rings. The lowest BCUT2D eigenvalue weighted by atomic mass is 9.61. The van der Waals surface area contributed by atoms with Gasteiger partial charge in [-0.1, -0.05) is 344 Å². The third-order valence-corrected chi connectivity index (χ3v) is 25.5. The Hall–Kier alpha value is 0. The van der Waals surface area contributed by atoms with Gasteiger partial charge in [-0.2, -0.15) is 0 Å². The third-order valence-electron chi connectivity index (χ3n) is 25.5. The molecule has 0 bridgehead atoms. The van der Waals surface area contributed by atoms with E-state index in [9.17, 15) is 0 Å². The summed E-state index contributed by atoms with van der Waals surface area (Å²) in [4.78, 5) is 0. The van der Waals surface area contributed by atoms with Crippen LogP contribution in [0.15, 0.2) is 0 Å². The molecule has 0 amide bonds. The van der Waals surface area contributed by atoms with E-state index in [0.717, 1.165) is 28.6 Å². The van der Waals surface area contributed by atoms with Gasteiger partial charge in [0.2, 0.25) is 0 Å². The maximum atomic E-state index is 2.49. The van der Waals surface area contributed by atoms with Crippen LogP contribution in [0.3, 0.4) is 0 Å². The summed E-state index contributed by atoms with van der Waals surface area (Å²) < 4.78 is 0. The number of hydrogen-bond donors (Lipinski definition) is 0. The molecule has 8 aliphatic carbocycles. The van der Waals surface area contributed by atoms with E-state index in [1.54, 1.807) is 0 Å². The molecule has 0 unspecified atom stereocenters. The van der Waals surface area contributed by atoms with Crippen molar-refractivity contribution in [3.8, 4) is 0 Å².